The van der Waals surface area contributed by atoms with E-state index in [1.165, 1.54) is 0 Å². The molecule has 0 saturated carbocycles. The highest BCUT2D eigenvalue weighted by atomic mass is 16.2. The van der Waals surface area contributed by atoms with Crippen molar-refractivity contribution in [2.24, 2.45) is 0 Å². The predicted octanol–water partition coefficient (Wildman–Crippen LogP) is 0.137. The van der Waals surface area contributed by atoms with Crippen LogP contribution in [-0.2, 0) is 0 Å². The molecule has 0 aliphatic heterocycles. The smallest absolute Gasteiger partial charge is 0.293 e. The van der Waals surface area contributed by atoms with Crippen molar-refractivity contribution >= 4 is 5.91 Å². The first-order valence-electron chi connectivity index (χ1n) is 5.30. The molecule has 90 valence electrons. The summed E-state index contributed by atoms with van der Waals surface area (Å²) in [7, 11) is 5.80. The molecular weight excluding hydrogens is 206 g/mol. The number of nitrogens with one attached hydrogen (secondary N) is 1. The second-order valence-corrected chi connectivity index (χ2v) is 4.13. The quantitative estimate of drug-likeness (QED) is 0.774. The molecule has 0 aromatic carbocycles. The van der Waals surface area contributed by atoms with Gasteiger partial charge >= 0.3 is 0 Å². The van der Waals surface area contributed by atoms with Gasteiger partial charge in [0.2, 0.25) is 5.82 Å². The molecule has 1 amide bonds. The van der Waals surface area contributed by atoms with E-state index >= 15 is 0 Å². The third kappa shape index (κ3) is 3.62. The van der Waals surface area contributed by atoms with E-state index < -0.39 is 0 Å². The van der Waals surface area contributed by atoms with E-state index in [1.54, 1.807) is 18.9 Å². The molecule has 1 aromatic rings. The molecule has 0 radical (unpaired) electrons. The van der Waals surface area contributed by atoms with Crippen LogP contribution >= 0.6 is 0 Å². The van der Waals surface area contributed by atoms with Crippen molar-refractivity contribution < 1.29 is 4.79 Å². The highest BCUT2D eigenvalue weighted by Gasteiger charge is 2.15. The van der Waals surface area contributed by atoms with Gasteiger partial charge in [0.15, 0.2) is 0 Å². The minimum atomic E-state index is -0.136. The first-order chi connectivity index (χ1) is 7.50. The lowest BCUT2D eigenvalue weighted by molar-refractivity contribution is 0.0779. The number of nitrogens with zero attached hydrogens (tertiary/aromatic N) is 4. The Kier molecular flexibility index (Phi) is 4.42. The fraction of sp³-hybridized carbons (Fsp3) is 0.700. The van der Waals surface area contributed by atoms with Gasteiger partial charge in [0.05, 0.1) is 0 Å². The fourth-order valence-corrected chi connectivity index (χ4v) is 1.33. The number of hydrogen-bond acceptors (Lipinski definition) is 4. The van der Waals surface area contributed by atoms with E-state index in [-0.39, 0.29) is 11.7 Å². The molecule has 6 nitrogen and oxygen atoms in total. The van der Waals surface area contributed by atoms with Crippen LogP contribution in [0, 0.1) is 6.92 Å². The van der Waals surface area contributed by atoms with Crippen LogP contribution in [0.25, 0.3) is 0 Å². The Morgan fingerprint density at radius 3 is 2.50 bits per heavy atom. The first kappa shape index (κ1) is 12.6. The summed E-state index contributed by atoms with van der Waals surface area (Å²) in [6.07, 6.45) is 0.943. The number of amides is 1. The highest BCUT2D eigenvalue weighted by molar-refractivity contribution is 5.90. The van der Waals surface area contributed by atoms with E-state index in [0.717, 1.165) is 13.0 Å². The third-order valence-electron chi connectivity index (χ3n) is 2.23. The van der Waals surface area contributed by atoms with Crippen LogP contribution in [0.5, 0.6) is 0 Å². The Balaban J connectivity index is 2.42. The second kappa shape index (κ2) is 5.60. The van der Waals surface area contributed by atoms with E-state index in [0.29, 0.717) is 12.4 Å². The monoisotopic (exact) mass is 225 g/mol. The summed E-state index contributed by atoms with van der Waals surface area (Å²) < 4.78 is 0. The van der Waals surface area contributed by atoms with Crippen LogP contribution in [0.4, 0.5) is 0 Å². The van der Waals surface area contributed by atoms with Gasteiger partial charge in [0.1, 0.15) is 5.82 Å². The molecule has 1 aromatic heterocycles. The van der Waals surface area contributed by atoms with Crippen LogP contribution < -0.4 is 0 Å². The van der Waals surface area contributed by atoms with Crippen LogP contribution in [0.3, 0.4) is 0 Å². The summed E-state index contributed by atoms with van der Waals surface area (Å²) in [5, 5.41) is 6.50. The molecule has 1 rings (SSSR count). The largest absolute Gasteiger partial charge is 0.339 e. The summed E-state index contributed by atoms with van der Waals surface area (Å²) in [6, 6.07) is 0. The van der Waals surface area contributed by atoms with Gasteiger partial charge in [-0.25, -0.2) is 4.98 Å². The fourth-order valence-electron chi connectivity index (χ4n) is 1.33. The maximum Gasteiger partial charge on any atom is 0.293 e. The molecule has 0 spiro atoms. The molecule has 0 saturated heterocycles. The Morgan fingerprint density at radius 1 is 1.31 bits per heavy atom. The van der Waals surface area contributed by atoms with Crippen LogP contribution in [0.2, 0.25) is 0 Å². The summed E-state index contributed by atoms with van der Waals surface area (Å²) in [6.45, 7) is 3.45. The Hall–Kier alpha value is -1.43. The number of H-pyrrole nitrogens is 1. The van der Waals surface area contributed by atoms with Gasteiger partial charge in [-0.15, -0.1) is 5.10 Å². The summed E-state index contributed by atoms with van der Waals surface area (Å²) in [5.74, 6) is 0.762. The van der Waals surface area contributed by atoms with Crippen LogP contribution in [-0.4, -0.2) is 65.1 Å². The van der Waals surface area contributed by atoms with Gasteiger partial charge in [-0.3, -0.25) is 9.89 Å². The minimum absolute atomic E-state index is 0.136. The number of aryl methyl sites for hydroxylation is 1. The maximum absolute atomic E-state index is 11.8. The molecule has 0 fully saturated rings. The number of hydrogen-bond donors (Lipinski definition) is 1. The number of aromatic amines is 1. The highest BCUT2D eigenvalue weighted by Crippen LogP contribution is 1.98. The Bertz CT molecular complexity index is 347. The zero-order valence-corrected chi connectivity index (χ0v) is 10.3. The van der Waals surface area contributed by atoms with Gasteiger partial charge in [-0.2, -0.15) is 0 Å². The van der Waals surface area contributed by atoms with Gasteiger partial charge < -0.3 is 9.80 Å². The molecule has 0 atom stereocenters. The second-order valence-electron chi connectivity index (χ2n) is 4.13. The Labute approximate surface area is 95.6 Å². The molecule has 1 N–H and O–H groups in total. The molecule has 0 unspecified atom stereocenters. The lowest BCUT2D eigenvalue weighted by Crippen LogP contribution is -2.30. The van der Waals surface area contributed by atoms with E-state index in [4.69, 9.17) is 0 Å². The minimum Gasteiger partial charge on any atom is -0.339 e. The average molecular weight is 225 g/mol. The van der Waals surface area contributed by atoms with Crippen molar-refractivity contribution in [3.63, 3.8) is 0 Å². The number of aromatic nitrogens is 3. The van der Waals surface area contributed by atoms with Gasteiger partial charge in [-0.1, -0.05) is 0 Å². The molecule has 0 aliphatic rings. The van der Waals surface area contributed by atoms with Gasteiger partial charge in [0.25, 0.3) is 5.91 Å². The van der Waals surface area contributed by atoms with Crippen molar-refractivity contribution in [3.8, 4) is 0 Å². The van der Waals surface area contributed by atoms with Crippen molar-refractivity contribution in [1.82, 2.24) is 25.0 Å². The van der Waals surface area contributed by atoms with Crippen molar-refractivity contribution in [2.45, 2.75) is 13.3 Å². The summed E-state index contributed by atoms with van der Waals surface area (Å²) >= 11 is 0. The lowest BCUT2D eigenvalue weighted by Gasteiger charge is -2.16. The number of rotatable bonds is 5. The zero-order valence-electron chi connectivity index (χ0n) is 10.3. The average Bonchev–Trinajstić information content (AvgIpc) is 2.63. The lowest BCUT2D eigenvalue weighted by atomic mass is 10.3. The molecule has 6 heteroatoms. The molecule has 0 aliphatic carbocycles. The van der Waals surface area contributed by atoms with Crippen LogP contribution in [0.1, 0.15) is 22.9 Å². The van der Waals surface area contributed by atoms with E-state index in [9.17, 15) is 4.79 Å². The van der Waals surface area contributed by atoms with Gasteiger partial charge in [-0.05, 0) is 34.0 Å². The molecule has 1 heterocycles. The van der Waals surface area contributed by atoms with Crippen molar-refractivity contribution in [1.29, 1.82) is 0 Å². The molecular formula is C10H19N5O. The first-order valence-corrected chi connectivity index (χ1v) is 5.30. The van der Waals surface area contributed by atoms with Crippen molar-refractivity contribution in [3.05, 3.63) is 11.6 Å². The van der Waals surface area contributed by atoms with E-state index in [2.05, 4.69) is 20.1 Å². The molecule has 16 heavy (non-hydrogen) atoms. The standard InChI is InChI=1S/C10H19N5O/c1-8-11-9(13-12-8)10(16)15(4)7-5-6-14(2)3/h5-7H2,1-4H3,(H,11,12,13). The summed E-state index contributed by atoms with van der Waals surface area (Å²) in [5.41, 5.74) is 0. The summed E-state index contributed by atoms with van der Waals surface area (Å²) in [4.78, 5) is 19.5. The number of carbonyl (C=O) groups is 1. The normalized spacial score (nSPS) is 10.8. The SMILES string of the molecule is Cc1nc(C(=O)N(C)CCCN(C)C)n[nH]1. The maximum atomic E-state index is 11.8. The van der Waals surface area contributed by atoms with Crippen molar-refractivity contribution in [2.75, 3.05) is 34.2 Å². The topological polar surface area (TPSA) is 65.1 Å². The van der Waals surface area contributed by atoms with E-state index in [1.807, 2.05) is 14.1 Å². The third-order valence-corrected chi connectivity index (χ3v) is 2.23. The van der Waals surface area contributed by atoms with Gasteiger partial charge in [0, 0.05) is 13.6 Å². The zero-order chi connectivity index (χ0) is 12.1. The Morgan fingerprint density at radius 2 is 2.00 bits per heavy atom. The molecule has 0 bridgehead atoms. The predicted molar refractivity (Wildman–Crippen MR) is 61.3 cm³/mol. The number of carbonyl (C=O) groups excluding carboxylic acids is 1. The van der Waals surface area contributed by atoms with Crippen LogP contribution in [0.15, 0.2) is 0 Å².